The summed E-state index contributed by atoms with van der Waals surface area (Å²) < 4.78 is 14.0. The van der Waals surface area contributed by atoms with Gasteiger partial charge < -0.3 is 14.2 Å². The van der Waals surface area contributed by atoms with Crippen molar-refractivity contribution in [1.82, 2.24) is 0 Å². The Labute approximate surface area is 77.0 Å². The first-order valence-electron chi connectivity index (χ1n) is 4.05. The maximum absolute atomic E-state index is 10.9. The quantitative estimate of drug-likeness (QED) is 0.324. The Morgan fingerprint density at radius 3 is 2.69 bits per heavy atom. The van der Waals surface area contributed by atoms with Crippen LogP contribution in [0.15, 0.2) is 0 Å². The lowest BCUT2D eigenvalue weighted by Crippen LogP contribution is -2.24. The van der Waals surface area contributed by atoms with E-state index in [-0.39, 0.29) is 13.1 Å². The zero-order valence-corrected chi connectivity index (χ0v) is 7.82. The second kappa shape index (κ2) is 7.54. The molecular weight excluding hydrogens is 176 g/mol. The van der Waals surface area contributed by atoms with E-state index >= 15 is 0 Å². The third kappa shape index (κ3) is 6.10. The van der Waals surface area contributed by atoms with Gasteiger partial charge in [-0.05, 0) is 13.8 Å². The van der Waals surface area contributed by atoms with Crippen molar-refractivity contribution in [2.24, 2.45) is 0 Å². The summed E-state index contributed by atoms with van der Waals surface area (Å²) in [5.41, 5.74) is 0. The van der Waals surface area contributed by atoms with Crippen molar-refractivity contribution in [2.45, 2.75) is 20.0 Å². The molecule has 0 heterocycles. The zero-order chi connectivity index (χ0) is 10.1. The van der Waals surface area contributed by atoms with Crippen LogP contribution >= 0.6 is 0 Å². The van der Waals surface area contributed by atoms with E-state index in [0.717, 1.165) is 0 Å². The summed E-state index contributed by atoms with van der Waals surface area (Å²) in [6.45, 7) is 4.62. The van der Waals surface area contributed by atoms with Crippen molar-refractivity contribution >= 4 is 12.4 Å². The SMILES string of the molecule is CCOCCOC(=O)C(C)OC=O. The molecule has 76 valence electrons. The highest BCUT2D eigenvalue weighted by Gasteiger charge is 2.14. The van der Waals surface area contributed by atoms with Gasteiger partial charge in [-0.15, -0.1) is 0 Å². The van der Waals surface area contributed by atoms with Gasteiger partial charge in [-0.3, -0.25) is 4.79 Å². The van der Waals surface area contributed by atoms with Crippen molar-refractivity contribution in [3.8, 4) is 0 Å². The van der Waals surface area contributed by atoms with E-state index in [4.69, 9.17) is 9.47 Å². The van der Waals surface area contributed by atoms with E-state index in [0.29, 0.717) is 13.2 Å². The van der Waals surface area contributed by atoms with Crippen LogP contribution in [0.25, 0.3) is 0 Å². The summed E-state index contributed by atoms with van der Waals surface area (Å²) in [6, 6.07) is 0. The summed E-state index contributed by atoms with van der Waals surface area (Å²) in [5.74, 6) is -0.563. The van der Waals surface area contributed by atoms with Crippen molar-refractivity contribution < 1.29 is 23.8 Å². The maximum atomic E-state index is 10.9. The number of rotatable bonds is 7. The van der Waals surface area contributed by atoms with Gasteiger partial charge >= 0.3 is 5.97 Å². The predicted octanol–water partition coefficient (Wildman–Crippen LogP) is 0.128. The molecule has 0 bridgehead atoms. The smallest absolute Gasteiger partial charge is 0.347 e. The van der Waals surface area contributed by atoms with Crippen LogP contribution in [-0.2, 0) is 23.8 Å². The highest BCUT2D eigenvalue weighted by molar-refractivity contribution is 5.75. The number of carbonyl (C=O) groups excluding carboxylic acids is 2. The molecule has 0 radical (unpaired) electrons. The van der Waals surface area contributed by atoms with E-state index in [2.05, 4.69) is 4.74 Å². The highest BCUT2D eigenvalue weighted by atomic mass is 16.6. The third-order valence-electron chi connectivity index (χ3n) is 1.27. The second-order valence-electron chi connectivity index (χ2n) is 2.24. The van der Waals surface area contributed by atoms with Crippen molar-refractivity contribution in [1.29, 1.82) is 0 Å². The van der Waals surface area contributed by atoms with Gasteiger partial charge in [-0.2, -0.15) is 0 Å². The largest absolute Gasteiger partial charge is 0.461 e. The normalized spacial score (nSPS) is 11.8. The Morgan fingerprint density at radius 1 is 1.46 bits per heavy atom. The lowest BCUT2D eigenvalue weighted by atomic mass is 10.4. The van der Waals surface area contributed by atoms with Crippen LogP contribution in [0.5, 0.6) is 0 Å². The molecule has 0 amide bonds. The summed E-state index contributed by atoms with van der Waals surface area (Å²) in [5, 5.41) is 0. The molecule has 5 heteroatoms. The highest BCUT2D eigenvalue weighted by Crippen LogP contribution is 1.92. The van der Waals surface area contributed by atoms with Gasteiger partial charge in [-0.1, -0.05) is 0 Å². The van der Waals surface area contributed by atoms with Gasteiger partial charge in [0.15, 0.2) is 6.10 Å². The molecule has 0 aliphatic rings. The van der Waals surface area contributed by atoms with Crippen molar-refractivity contribution in [2.75, 3.05) is 19.8 Å². The third-order valence-corrected chi connectivity index (χ3v) is 1.27. The summed E-state index contributed by atoms with van der Waals surface area (Å²) in [7, 11) is 0. The van der Waals surface area contributed by atoms with Gasteiger partial charge in [0, 0.05) is 6.61 Å². The summed E-state index contributed by atoms with van der Waals surface area (Å²) >= 11 is 0. The monoisotopic (exact) mass is 190 g/mol. The average Bonchev–Trinajstić information content (AvgIpc) is 2.12. The lowest BCUT2D eigenvalue weighted by molar-refractivity contribution is -0.161. The lowest BCUT2D eigenvalue weighted by Gasteiger charge is -2.09. The van der Waals surface area contributed by atoms with E-state index in [1.807, 2.05) is 6.92 Å². The van der Waals surface area contributed by atoms with Crippen LogP contribution < -0.4 is 0 Å². The van der Waals surface area contributed by atoms with Gasteiger partial charge in [0.25, 0.3) is 6.47 Å². The Bertz CT molecular complexity index is 157. The molecule has 0 aromatic rings. The zero-order valence-electron chi connectivity index (χ0n) is 7.82. The number of ether oxygens (including phenoxy) is 3. The van der Waals surface area contributed by atoms with E-state index in [9.17, 15) is 9.59 Å². The van der Waals surface area contributed by atoms with Crippen molar-refractivity contribution in [3.63, 3.8) is 0 Å². The molecule has 13 heavy (non-hydrogen) atoms. The Morgan fingerprint density at radius 2 is 2.15 bits per heavy atom. The Kier molecular flexibility index (Phi) is 6.91. The first kappa shape index (κ1) is 11.9. The Hall–Kier alpha value is -1.10. The minimum absolute atomic E-state index is 0.180. The van der Waals surface area contributed by atoms with Crippen LogP contribution in [0.4, 0.5) is 0 Å². The molecule has 0 saturated carbocycles. The van der Waals surface area contributed by atoms with Crippen molar-refractivity contribution in [3.05, 3.63) is 0 Å². The van der Waals surface area contributed by atoms with Crippen LogP contribution in [0.3, 0.4) is 0 Å². The standard InChI is InChI=1S/C8H14O5/c1-3-11-4-5-12-8(10)7(2)13-6-9/h6-7H,3-5H2,1-2H3. The predicted molar refractivity (Wildman–Crippen MR) is 44.1 cm³/mol. The average molecular weight is 190 g/mol. The summed E-state index contributed by atoms with van der Waals surface area (Å²) in [6.07, 6.45) is -0.848. The first-order chi connectivity index (χ1) is 6.22. The number of esters is 1. The maximum Gasteiger partial charge on any atom is 0.347 e. The fourth-order valence-corrected chi connectivity index (χ4v) is 0.602. The molecule has 0 aliphatic carbocycles. The van der Waals surface area contributed by atoms with E-state index in [1.165, 1.54) is 6.92 Å². The molecule has 0 aromatic heterocycles. The molecule has 0 saturated heterocycles. The Balaban J connectivity index is 3.44. The fraction of sp³-hybridized carbons (Fsp3) is 0.750. The first-order valence-corrected chi connectivity index (χ1v) is 4.05. The molecule has 0 aromatic carbocycles. The van der Waals surface area contributed by atoms with Gasteiger partial charge in [0.05, 0.1) is 6.61 Å². The molecule has 0 fully saturated rings. The molecule has 1 unspecified atom stereocenters. The van der Waals surface area contributed by atoms with Crippen LogP contribution in [0.1, 0.15) is 13.8 Å². The molecule has 0 N–H and O–H groups in total. The molecule has 5 nitrogen and oxygen atoms in total. The van der Waals surface area contributed by atoms with Gasteiger partial charge in [0.2, 0.25) is 0 Å². The topological polar surface area (TPSA) is 61.8 Å². The number of carbonyl (C=O) groups is 2. The summed E-state index contributed by atoms with van der Waals surface area (Å²) in [4.78, 5) is 20.8. The van der Waals surface area contributed by atoms with Gasteiger partial charge in [-0.25, -0.2) is 4.79 Å². The number of hydrogen-bond donors (Lipinski definition) is 0. The molecular formula is C8H14O5. The van der Waals surface area contributed by atoms with Crippen LogP contribution in [0.2, 0.25) is 0 Å². The molecule has 0 aliphatic heterocycles. The van der Waals surface area contributed by atoms with Crippen LogP contribution in [0, 0.1) is 0 Å². The minimum atomic E-state index is -0.848. The van der Waals surface area contributed by atoms with E-state index < -0.39 is 12.1 Å². The molecule has 0 rings (SSSR count). The second-order valence-corrected chi connectivity index (χ2v) is 2.24. The number of hydrogen-bond acceptors (Lipinski definition) is 5. The van der Waals surface area contributed by atoms with Gasteiger partial charge in [0.1, 0.15) is 6.61 Å². The molecule has 1 atom stereocenters. The van der Waals surface area contributed by atoms with E-state index in [1.54, 1.807) is 0 Å². The molecule has 0 spiro atoms. The van der Waals surface area contributed by atoms with Crippen LogP contribution in [-0.4, -0.2) is 38.4 Å². The fourth-order valence-electron chi connectivity index (χ4n) is 0.602. The minimum Gasteiger partial charge on any atom is -0.461 e.